The molecule has 0 heterocycles. The molecule has 0 fully saturated rings. The Balaban J connectivity index is 3.33. The molecule has 0 saturated carbocycles. The Morgan fingerprint density at radius 2 is 1.86 bits per heavy atom. The topological polar surface area (TPSA) is 46.6 Å². The standard InChI is InChI=1S/C14H14F3NO3/c1-4-21-14(20)10(7-18(2)3)13(19)9-5-8(15)6-11(16)12(9)17/h5-7H,4H2,1-3H3/b10-7+. The van der Waals surface area contributed by atoms with Gasteiger partial charge in [-0.25, -0.2) is 18.0 Å². The van der Waals surface area contributed by atoms with Crippen molar-refractivity contribution in [2.24, 2.45) is 0 Å². The zero-order valence-electron chi connectivity index (χ0n) is 11.7. The fraction of sp³-hybridized carbons (Fsp3) is 0.286. The molecule has 0 bridgehead atoms. The summed E-state index contributed by atoms with van der Waals surface area (Å²) in [5.74, 6) is -6.30. The molecular formula is C14H14F3NO3. The van der Waals surface area contributed by atoms with Crippen LogP contribution in [0.25, 0.3) is 0 Å². The van der Waals surface area contributed by atoms with Gasteiger partial charge >= 0.3 is 5.97 Å². The molecule has 0 aliphatic heterocycles. The number of ketones is 1. The van der Waals surface area contributed by atoms with Crippen molar-refractivity contribution in [3.05, 3.63) is 46.9 Å². The molecule has 0 radical (unpaired) electrons. The highest BCUT2D eigenvalue weighted by atomic mass is 19.2. The monoisotopic (exact) mass is 301 g/mol. The SMILES string of the molecule is CCOC(=O)/C(=C/N(C)C)C(=O)c1cc(F)cc(F)c1F. The van der Waals surface area contributed by atoms with Crippen molar-refractivity contribution in [2.45, 2.75) is 6.92 Å². The third-order valence-electron chi connectivity index (χ3n) is 2.36. The number of ether oxygens (including phenoxy) is 1. The van der Waals surface area contributed by atoms with E-state index in [2.05, 4.69) is 4.74 Å². The quantitative estimate of drug-likeness (QED) is 0.209. The first-order valence-corrected chi connectivity index (χ1v) is 6.02. The highest BCUT2D eigenvalue weighted by Gasteiger charge is 2.26. The summed E-state index contributed by atoms with van der Waals surface area (Å²) in [5, 5.41) is 0. The second-order valence-corrected chi connectivity index (χ2v) is 4.31. The largest absolute Gasteiger partial charge is 0.462 e. The Morgan fingerprint density at radius 1 is 1.24 bits per heavy atom. The Hall–Kier alpha value is -2.31. The van der Waals surface area contributed by atoms with Crippen molar-refractivity contribution in [2.75, 3.05) is 20.7 Å². The zero-order valence-corrected chi connectivity index (χ0v) is 11.7. The molecule has 0 aliphatic carbocycles. The Morgan fingerprint density at radius 3 is 2.38 bits per heavy atom. The maximum Gasteiger partial charge on any atom is 0.343 e. The Labute approximate surface area is 119 Å². The second kappa shape index (κ2) is 6.92. The molecule has 1 aromatic rings. The molecule has 0 aliphatic rings. The van der Waals surface area contributed by atoms with E-state index in [-0.39, 0.29) is 6.61 Å². The molecule has 0 amide bonds. The van der Waals surface area contributed by atoms with Gasteiger partial charge in [-0.1, -0.05) is 0 Å². The van der Waals surface area contributed by atoms with Crippen LogP contribution in [-0.4, -0.2) is 37.4 Å². The van der Waals surface area contributed by atoms with Gasteiger partial charge in [-0.3, -0.25) is 4.79 Å². The number of hydrogen-bond acceptors (Lipinski definition) is 4. The number of hydrogen-bond donors (Lipinski definition) is 0. The summed E-state index contributed by atoms with van der Waals surface area (Å²) < 4.78 is 44.6. The van der Waals surface area contributed by atoms with Crippen molar-refractivity contribution in [3.63, 3.8) is 0 Å². The van der Waals surface area contributed by atoms with Crippen LogP contribution in [0.2, 0.25) is 0 Å². The second-order valence-electron chi connectivity index (χ2n) is 4.31. The van der Waals surface area contributed by atoms with E-state index in [1.54, 1.807) is 0 Å². The maximum atomic E-state index is 13.6. The van der Waals surface area contributed by atoms with Crippen molar-refractivity contribution in [1.82, 2.24) is 4.90 Å². The normalized spacial score (nSPS) is 11.2. The van der Waals surface area contributed by atoms with Gasteiger partial charge in [0.15, 0.2) is 11.6 Å². The van der Waals surface area contributed by atoms with Crippen LogP contribution in [0.15, 0.2) is 23.9 Å². The van der Waals surface area contributed by atoms with Crippen LogP contribution in [0.4, 0.5) is 13.2 Å². The van der Waals surface area contributed by atoms with Crippen molar-refractivity contribution in [3.8, 4) is 0 Å². The predicted octanol–water partition coefficient (Wildman–Crippen LogP) is 2.30. The molecule has 0 saturated heterocycles. The van der Waals surface area contributed by atoms with E-state index in [0.717, 1.165) is 6.20 Å². The molecule has 0 N–H and O–H groups in total. The van der Waals surface area contributed by atoms with Crippen LogP contribution in [0.3, 0.4) is 0 Å². The van der Waals surface area contributed by atoms with Crippen LogP contribution in [0, 0.1) is 17.5 Å². The fourth-order valence-corrected chi connectivity index (χ4v) is 1.54. The average Bonchev–Trinajstić information content (AvgIpc) is 2.39. The lowest BCUT2D eigenvalue weighted by molar-refractivity contribution is -0.138. The lowest BCUT2D eigenvalue weighted by atomic mass is 10.0. The van der Waals surface area contributed by atoms with E-state index in [1.165, 1.54) is 25.9 Å². The number of benzene rings is 1. The van der Waals surface area contributed by atoms with Gasteiger partial charge in [0.2, 0.25) is 5.78 Å². The molecule has 1 aromatic carbocycles. The molecule has 21 heavy (non-hydrogen) atoms. The van der Waals surface area contributed by atoms with Crippen molar-refractivity contribution < 1.29 is 27.5 Å². The van der Waals surface area contributed by atoms with Crippen LogP contribution >= 0.6 is 0 Å². The summed E-state index contributed by atoms with van der Waals surface area (Å²) in [5.41, 5.74) is -1.39. The van der Waals surface area contributed by atoms with Gasteiger partial charge in [0.1, 0.15) is 11.4 Å². The molecular weight excluding hydrogens is 287 g/mol. The lowest BCUT2D eigenvalue weighted by Gasteiger charge is -2.11. The third kappa shape index (κ3) is 4.08. The summed E-state index contributed by atoms with van der Waals surface area (Å²) in [6.07, 6.45) is 1.10. The van der Waals surface area contributed by atoms with Crippen molar-refractivity contribution >= 4 is 11.8 Å². The number of esters is 1. The van der Waals surface area contributed by atoms with E-state index in [9.17, 15) is 22.8 Å². The molecule has 0 spiro atoms. The summed E-state index contributed by atoms with van der Waals surface area (Å²) in [4.78, 5) is 25.2. The number of nitrogens with zero attached hydrogens (tertiary/aromatic N) is 1. The first kappa shape index (κ1) is 16.7. The van der Waals surface area contributed by atoms with Gasteiger partial charge in [-0.05, 0) is 13.0 Å². The number of Topliss-reactive ketones (excluding diaryl/α,β-unsaturated/α-hetero) is 1. The van der Waals surface area contributed by atoms with Gasteiger partial charge in [0, 0.05) is 26.4 Å². The highest BCUT2D eigenvalue weighted by Crippen LogP contribution is 2.19. The molecule has 4 nitrogen and oxygen atoms in total. The molecule has 0 unspecified atom stereocenters. The highest BCUT2D eigenvalue weighted by molar-refractivity contribution is 6.24. The Bertz CT molecular complexity index is 597. The summed E-state index contributed by atoms with van der Waals surface area (Å²) >= 11 is 0. The van der Waals surface area contributed by atoms with Gasteiger partial charge in [0.25, 0.3) is 0 Å². The molecule has 1 rings (SSSR count). The smallest absolute Gasteiger partial charge is 0.343 e. The van der Waals surface area contributed by atoms with E-state index in [1.807, 2.05) is 0 Å². The molecule has 7 heteroatoms. The van der Waals surface area contributed by atoms with Crippen LogP contribution in [0.1, 0.15) is 17.3 Å². The predicted molar refractivity (Wildman–Crippen MR) is 69.0 cm³/mol. The number of halogens is 3. The average molecular weight is 301 g/mol. The number of carbonyl (C=O) groups excluding carboxylic acids is 2. The number of carbonyl (C=O) groups is 2. The minimum atomic E-state index is -1.52. The minimum Gasteiger partial charge on any atom is -0.462 e. The first-order chi connectivity index (χ1) is 9.77. The van der Waals surface area contributed by atoms with E-state index in [0.29, 0.717) is 12.1 Å². The van der Waals surface area contributed by atoms with Crippen molar-refractivity contribution in [1.29, 1.82) is 0 Å². The summed E-state index contributed by atoms with van der Waals surface area (Å²) in [6.45, 7) is 1.52. The summed E-state index contributed by atoms with van der Waals surface area (Å²) in [6, 6.07) is 0.843. The maximum absolute atomic E-state index is 13.6. The third-order valence-corrected chi connectivity index (χ3v) is 2.36. The molecule has 114 valence electrons. The zero-order chi connectivity index (χ0) is 16.2. The number of rotatable bonds is 5. The van der Waals surface area contributed by atoms with Crippen LogP contribution < -0.4 is 0 Å². The van der Waals surface area contributed by atoms with Gasteiger partial charge in [-0.15, -0.1) is 0 Å². The lowest BCUT2D eigenvalue weighted by Crippen LogP contribution is -2.20. The van der Waals surface area contributed by atoms with E-state index >= 15 is 0 Å². The molecule has 0 atom stereocenters. The molecule has 0 aromatic heterocycles. The van der Waals surface area contributed by atoms with E-state index < -0.39 is 40.3 Å². The van der Waals surface area contributed by atoms with Gasteiger partial charge < -0.3 is 9.64 Å². The van der Waals surface area contributed by atoms with Crippen LogP contribution in [-0.2, 0) is 9.53 Å². The van der Waals surface area contributed by atoms with E-state index in [4.69, 9.17) is 0 Å². The minimum absolute atomic E-state index is 0.00310. The van der Waals surface area contributed by atoms with Gasteiger partial charge in [-0.2, -0.15) is 0 Å². The van der Waals surface area contributed by atoms with Gasteiger partial charge in [0.05, 0.1) is 12.2 Å². The summed E-state index contributed by atoms with van der Waals surface area (Å²) in [7, 11) is 3.05. The first-order valence-electron chi connectivity index (χ1n) is 6.02. The van der Waals surface area contributed by atoms with Crippen LogP contribution in [0.5, 0.6) is 0 Å². The Kier molecular flexibility index (Phi) is 5.52. The fourth-order valence-electron chi connectivity index (χ4n) is 1.54.